The van der Waals surface area contributed by atoms with Gasteiger partial charge in [0.15, 0.2) is 0 Å². The van der Waals surface area contributed by atoms with Crippen LogP contribution in [0.15, 0.2) is 0 Å². The predicted molar refractivity (Wildman–Crippen MR) is 72.1 cm³/mol. The molecule has 17 heavy (non-hydrogen) atoms. The largest absolute Gasteiger partial charge is 0.312 e. The third kappa shape index (κ3) is 3.56. The lowest BCUT2D eigenvalue weighted by Gasteiger charge is -2.34. The Morgan fingerprint density at radius 1 is 1.18 bits per heavy atom. The number of sulfonamides is 1. The first-order valence-electron chi connectivity index (χ1n) is 6.33. The molecular formula is C11H23ClN2O2S. The first-order valence-corrected chi connectivity index (χ1v) is 7.83. The number of rotatable bonds is 2. The van der Waals surface area contributed by atoms with Gasteiger partial charge < -0.3 is 5.32 Å². The van der Waals surface area contributed by atoms with Gasteiger partial charge in [-0.15, -0.1) is 12.4 Å². The fraction of sp³-hybridized carbons (Fsp3) is 1.00. The summed E-state index contributed by atoms with van der Waals surface area (Å²) in [6.45, 7) is 4.11. The van der Waals surface area contributed by atoms with Crippen molar-refractivity contribution in [2.24, 2.45) is 0 Å². The quantitative estimate of drug-likeness (QED) is 0.832. The molecule has 0 aromatic rings. The molecule has 2 rings (SSSR count). The fourth-order valence-electron chi connectivity index (χ4n) is 2.70. The Kier molecular flexibility index (Phi) is 5.70. The molecule has 2 aliphatic rings. The van der Waals surface area contributed by atoms with Gasteiger partial charge in [0.25, 0.3) is 0 Å². The van der Waals surface area contributed by atoms with Crippen LogP contribution in [0, 0.1) is 0 Å². The van der Waals surface area contributed by atoms with Crippen LogP contribution in [0.3, 0.4) is 0 Å². The van der Waals surface area contributed by atoms with Crippen LogP contribution in [0.2, 0.25) is 0 Å². The van der Waals surface area contributed by atoms with Crippen molar-refractivity contribution in [3.63, 3.8) is 0 Å². The minimum Gasteiger partial charge on any atom is -0.312 e. The second-order valence-corrected chi connectivity index (χ2v) is 7.23. The van der Waals surface area contributed by atoms with Gasteiger partial charge in [-0.25, -0.2) is 8.42 Å². The SMILES string of the molecule is CC1CN(S(=O)(=O)C2CCCCC2)CCN1.Cl. The number of nitrogens with zero attached hydrogens (tertiary/aromatic N) is 1. The summed E-state index contributed by atoms with van der Waals surface area (Å²) >= 11 is 0. The highest BCUT2D eigenvalue weighted by molar-refractivity contribution is 7.89. The van der Waals surface area contributed by atoms with E-state index in [9.17, 15) is 8.42 Å². The van der Waals surface area contributed by atoms with Crippen LogP contribution in [0.4, 0.5) is 0 Å². The smallest absolute Gasteiger partial charge is 0.217 e. The van der Waals surface area contributed by atoms with Crippen LogP contribution in [0.1, 0.15) is 39.0 Å². The third-order valence-corrected chi connectivity index (χ3v) is 6.03. The van der Waals surface area contributed by atoms with E-state index in [-0.39, 0.29) is 23.7 Å². The van der Waals surface area contributed by atoms with Gasteiger partial charge in [0.1, 0.15) is 0 Å². The molecule has 1 saturated heterocycles. The zero-order valence-electron chi connectivity index (χ0n) is 10.4. The summed E-state index contributed by atoms with van der Waals surface area (Å²) in [6.07, 6.45) is 5.07. The van der Waals surface area contributed by atoms with Crippen LogP contribution in [-0.4, -0.2) is 43.6 Å². The standard InChI is InChI=1S/C11H22N2O2S.ClH/c1-10-9-13(8-7-12-10)16(14,15)11-5-3-2-4-6-11;/h10-12H,2-9H2,1H3;1H. The van der Waals surface area contributed by atoms with Crippen molar-refractivity contribution < 1.29 is 8.42 Å². The Morgan fingerprint density at radius 3 is 2.41 bits per heavy atom. The van der Waals surface area contributed by atoms with Crippen molar-refractivity contribution >= 4 is 22.4 Å². The van der Waals surface area contributed by atoms with E-state index in [2.05, 4.69) is 5.32 Å². The van der Waals surface area contributed by atoms with E-state index in [1.165, 1.54) is 6.42 Å². The van der Waals surface area contributed by atoms with Gasteiger partial charge in [0.2, 0.25) is 10.0 Å². The molecule has 0 aromatic carbocycles. The Labute approximate surface area is 111 Å². The summed E-state index contributed by atoms with van der Waals surface area (Å²) < 4.78 is 26.5. The molecule has 1 atom stereocenters. The molecule has 1 unspecified atom stereocenters. The summed E-state index contributed by atoms with van der Waals surface area (Å²) in [7, 11) is -3.02. The molecule has 0 aromatic heterocycles. The molecule has 6 heteroatoms. The molecule has 0 radical (unpaired) electrons. The molecule has 0 amide bonds. The summed E-state index contributed by atoms with van der Waals surface area (Å²) in [4.78, 5) is 0. The van der Waals surface area contributed by atoms with Crippen LogP contribution < -0.4 is 5.32 Å². The number of nitrogens with one attached hydrogen (secondary N) is 1. The first kappa shape index (κ1) is 15.2. The lowest BCUT2D eigenvalue weighted by atomic mass is 10.0. The van der Waals surface area contributed by atoms with Crippen LogP contribution in [-0.2, 0) is 10.0 Å². The number of halogens is 1. The van der Waals surface area contributed by atoms with Gasteiger partial charge in [-0.3, -0.25) is 0 Å². The fourth-order valence-corrected chi connectivity index (χ4v) is 4.83. The van der Waals surface area contributed by atoms with Crippen molar-refractivity contribution in [1.82, 2.24) is 9.62 Å². The second kappa shape index (κ2) is 6.36. The zero-order chi connectivity index (χ0) is 11.6. The number of piperazine rings is 1. The first-order chi connectivity index (χ1) is 7.60. The molecule has 1 heterocycles. The van der Waals surface area contributed by atoms with Crippen LogP contribution in [0.25, 0.3) is 0 Å². The van der Waals surface area contributed by atoms with E-state index in [0.717, 1.165) is 32.2 Å². The van der Waals surface area contributed by atoms with E-state index in [0.29, 0.717) is 13.1 Å². The van der Waals surface area contributed by atoms with Crippen molar-refractivity contribution in [2.45, 2.75) is 50.3 Å². The van der Waals surface area contributed by atoms with E-state index in [1.807, 2.05) is 6.92 Å². The van der Waals surface area contributed by atoms with Crippen LogP contribution >= 0.6 is 12.4 Å². The van der Waals surface area contributed by atoms with E-state index in [1.54, 1.807) is 4.31 Å². The summed E-state index contributed by atoms with van der Waals surface area (Å²) in [5.74, 6) is 0. The molecule has 4 nitrogen and oxygen atoms in total. The molecule has 1 saturated carbocycles. The topological polar surface area (TPSA) is 49.4 Å². The predicted octanol–water partition coefficient (Wildman–Crippen LogP) is 1.36. The molecule has 1 aliphatic heterocycles. The Morgan fingerprint density at radius 2 is 1.82 bits per heavy atom. The molecule has 102 valence electrons. The highest BCUT2D eigenvalue weighted by Crippen LogP contribution is 2.26. The van der Waals surface area contributed by atoms with Crippen molar-refractivity contribution in [3.8, 4) is 0 Å². The lowest BCUT2D eigenvalue weighted by Crippen LogP contribution is -2.53. The highest BCUT2D eigenvalue weighted by atomic mass is 35.5. The molecule has 2 fully saturated rings. The Bertz CT molecular complexity index is 328. The molecule has 1 N–H and O–H groups in total. The Hall–Kier alpha value is 0.160. The average molecular weight is 283 g/mol. The minimum absolute atomic E-state index is 0. The zero-order valence-corrected chi connectivity index (χ0v) is 12.0. The van der Waals surface area contributed by atoms with E-state index < -0.39 is 10.0 Å². The van der Waals surface area contributed by atoms with Gasteiger partial charge >= 0.3 is 0 Å². The maximum atomic E-state index is 12.4. The van der Waals surface area contributed by atoms with E-state index >= 15 is 0 Å². The normalized spacial score (nSPS) is 28.6. The van der Waals surface area contributed by atoms with Gasteiger partial charge in [-0.05, 0) is 19.8 Å². The minimum atomic E-state index is -3.02. The summed E-state index contributed by atoms with van der Waals surface area (Å²) in [5.41, 5.74) is 0. The highest BCUT2D eigenvalue weighted by Gasteiger charge is 2.34. The van der Waals surface area contributed by atoms with Crippen molar-refractivity contribution in [3.05, 3.63) is 0 Å². The van der Waals surface area contributed by atoms with E-state index in [4.69, 9.17) is 0 Å². The van der Waals surface area contributed by atoms with Crippen LogP contribution in [0.5, 0.6) is 0 Å². The summed E-state index contributed by atoms with van der Waals surface area (Å²) in [6, 6.07) is 0.284. The second-order valence-electron chi connectivity index (χ2n) is 5.02. The average Bonchev–Trinajstić information content (AvgIpc) is 2.30. The monoisotopic (exact) mass is 282 g/mol. The molecule has 0 bridgehead atoms. The maximum Gasteiger partial charge on any atom is 0.217 e. The number of hydrogen-bond donors (Lipinski definition) is 1. The maximum absolute atomic E-state index is 12.4. The Balaban J connectivity index is 0.00000144. The summed E-state index contributed by atoms with van der Waals surface area (Å²) in [5, 5.41) is 3.18. The molecular weight excluding hydrogens is 260 g/mol. The van der Waals surface area contributed by atoms with Gasteiger partial charge in [0.05, 0.1) is 5.25 Å². The van der Waals surface area contributed by atoms with Gasteiger partial charge in [-0.2, -0.15) is 4.31 Å². The molecule has 1 aliphatic carbocycles. The van der Waals surface area contributed by atoms with Crippen molar-refractivity contribution in [2.75, 3.05) is 19.6 Å². The lowest BCUT2D eigenvalue weighted by molar-refractivity contribution is 0.302. The van der Waals surface area contributed by atoms with Crippen molar-refractivity contribution in [1.29, 1.82) is 0 Å². The molecule has 0 spiro atoms. The van der Waals surface area contributed by atoms with Gasteiger partial charge in [-0.1, -0.05) is 19.3 Å². The third-order valence-electron chi connectivity index (χ3n) is 3.66. The number of hydrogen-bond acceptors (Lipinski definition) is 3. The van der Waals surface area contributed by atoms with Gasteiger partial charge in [0, 0.05) is 25.7 Å².